The van der Waals surface area contributed by atoms with Gasteiger partial charge in [-0.15, -0.1) is 0 Å². The number of ether oxygens (including phenoxy) is 1. The molecule has 0 aliphatic carbocycles. The molecule has 5 heteroatoms. The number of nitrogens with zero attached hydrogens (tertiary/aromatic N) is 2. The van der Waals surface area contributed by atoms with Gasteiger partial charge in [0.25, 0.3) is 0 Å². The summed E-state index contributed by atoms with van der Waals surface area (Å²) in [6.07, 6.45) is 4.54. The van der Waals surface area contributed by atoms with Crippen LogP contribution in [0.2, 0.25) is 0 Å². The predicted octanol–water partition coefficient (Wildman–Crippen LogP) is 3.42. The van der Waals surface area contributed by atoms with E-state index < -0.39 is 5.60 Å². The first-order valence-corrected chi connectivity index (χ1v) is 7.63. The Morgan fingerprint density at radius 2 is 2.14 bits per heavy atom. The molecule has 1 aliphatic heterocycles. The third kappa shape index (κ3) is 4.23. The van der Waals surface area contributed by atoms with E-state index in [-0.39, 0.29) is 6.09 Å². The number of hydrogen-bond donors (Lipinski definition) is 1. The van der Waals surface area contributed by atoms with Gasteiger partial charge in [0.1, 0.15) is 5.60 Å². The summed E-state index contributed by atoms with van der Waals surface area (Å²) in [4.78, 5) is 17.9. The predicted molar refractivity (Wildman–Crippen MR) is 88.6 cm³/mol. The normalized spacial score (nSPS) is 18.2. The Bertz CT molecular complexity index is 558. The highest BCUT2D eigenvalue weighted by Gasteiger charge is 2.21. The minimum Gasteiger partial charge on any atom is -0.443 e. The molecule has 0 spiro atoms. The second-order valence-corrected chi connectivity index (χ2v) is 6.78. The van der Waals surface area contributed by atoms with Crippen molar-refractivity contribution in [1.82, 2.24) is 10.3 Å². The molecular weight excluding hydrogens is 278 g/mol. The Labute approximate surface area is 132 Å². The summed E-state index contributed by atoms with van der Waals surface area (Å²) in [7, 11) is 1.69. The monoisotopic (exact) mass is 303 g/mol. The summed E-state index contributed by atoms with van der Waals surface area (Å²) in [6, 6.07) is 3.80. The Hall–Kier alpha value is -2.04. The average molecular weight is 303 g/mol. The lowest BCUT2D eigenvalue weighted by Crippen LogP contribution is -2.34. The van der Waals surface area contributed by atoms with Crippen LogP contribution in [0.25, 0.3) is 5.70 Å². The zero-order valence-corrected chi connectivity index (χ0v) is 14.0. The van der Waals surface area contributed by atoms with Crippen molar-refractivity contribution in [3.05, 3.63) is 30.1 Å². The van der Waals surface area contributed by atoms with Crippen LogP contribution < -0.4 is 10.2 Å². The molecule has 0 fully saturated rings. The van der Waals surface area contributed by atoms with Crippen LogP contribution in [0.5, 0.6) is 0 Å². The maximum Gasteiger partial charge on any atom is 0.414 e. The van der Waals surface area contributed by atoms with Gasteiger partial charge >= 0.3 is 6.09 Å². The van der Waals surface area contributed by atoms with Gasteiger partial charge in [0.2, 0.25) is 0 Å². The molecule has 0 bridgehead atoms. The van der Waals surface area contributed by atoms with Crippen LogP contribution in [0, 0.1) is 5.92 Å². The van der Waals surface area contributed by atoms with Gasteiger partial charge < -0.3 is 10.1 Å². The number of hydrogen-bond acceptors (Lipinski definition) is 4. The number of carbonyl (C=O) groups excluding carboxylic acids is 1. The standard InChI is InChI=1S/C17H25N3O2/c1-12-6-8-14(18-10-12)15-9-7-13(11-19-15)20(5)16(21)22-17(2,3)4/h7-9,11-12,18H,6,10H2,1-5H3. The topological polar surface area (TPSA) is 54.5 Å². The van der Waals surface area contributed by atoms with Crippen LogP contribution in [0.3, 0.4) is 0 Å². The van der Waals surface area contributed by atoms with Crippen molar-refractivity contribution in [2.45, 2.75) is 39.7 Å². The molecule has 1 N–H and O–H groups in total. The smallest absolute Gasteiger partial charge is 0.414 e. The number of pyridine rings is 1. The number of amides is 1. The molecule has 120 valence electrons. The fraction of sp³-hybridized carbons (Fsp3) is 0.529. The summed E-state index contributed by atoms with van der Waals surface area (Å²) >= 11 is 0. The van der Waals surface area contributed by atoms with Gasteiger partial charge in [-0.1, -0.05) is 13.0 Å². The van der Waals surface area contributed by atoms with Gasteiger partial charge in [0.05, 0.1) is 23.3 Å². The zero-order valence-electron chi connectivity index (χ0n) is 14.0. The van der Waals surface area contributed by atoms with E-state index >= 15 is 0 Å². The van der Waals surface area contributed by atoms with E-state index in [9.17, 15) is 4.79 Å². The minimum atomic E-state index is -0.508. The van der Waals surface area contributed by atoms with Gasteiger partial charge in [0.15, 0.2) is 0 Å². The Kier molecular flexibility index (Phi) is 4.74. The van der Waals surface area contributed by atoms with Crippen molar-refractivity contribution < 1.29 is 9.53 Å². The van der Waals surface area contributed by atoms with Crippen LogP contribution in [0.4, 0.5) is 10.5 Å². The second kappa shape index (κ2) is 6.38. The third-order valence-corrected chi connectivity index (χ3v) is 3.44. The van der Waals surface area contributed by atoms with Crippen LogP contribution in [0.15, 0.2) is 24.4 Å². The number of aromatic nitrogens is 1. The number of allylic oxidation sites excluding steroid dienone is 1. The maximum atomic E-state index is 12.0. The van der Waals surface area contributed by atoms with Crippen molar-refractivity contribution in [3.8, 4) is 0 Å². The van der Waals surface area contributed by atoms with E-state index in [1.165, 1.54) is 4.90 Å². The van der Waals surface area contributed by atoms with Crippen LogP contribution in [0.1, 0.15) is 39.8 Å². The Morgan fingerprint density at radius 3 is 2.64 bits per heavy atom. The van der Waals surface area contributed by atoms with E-state index in [2.05, 4.69) is 23.3 Å². The molecule has 1 aromatic heterocycles. The molecule has 2 heterocycles. The molecule has 5 nitrogen and oxygen atoms in total. The van der Waals surface area contributed by atoms with Crippen molar-refractivity contribution in [2.75, 3.05) is 18.5 Å². The molecule has 1 aromatic rings. The molecule has 0 saturated heterocycles. The van der Waals surface area contributed by atoms with Gasteiger partial charge in [0, 0.05) is 13.6 Å². The van der Waals surface area contributed by atoms with E-state index in [4.69, 9.17) is 4.74 Å². The highest BCUT2D eigenvalue weighted by atomic mass is 16.6. The highest BCUT2D eigenvalue weighted by Crippen LogP contribution is 2.21. The third-order valence-electron chi connectivity index (χ3n) is 3.44. The summed E-state index contributed by atoms with van der Waals surface area (Å²) in [5.74, 6) is 0.654. The van der Waals surface area contributed by atoms with Crippen molar-refractivity contribution >= 4 is 17.5 Å². The van der Waals surface area contributed by atoms with Crippen molar-refractivity contribution in [1.29, 1.82) is 0 Å². The molecular formula is C17H25N3O2. The first-order valence-electron chi connectivity index (χ1n) is 7.63. The van der Waals surface area contributed by atoms with Crippen molar-refractivity contribution in [2.24, 2.45) is 5.92 Å². The van der Waals surface area contributed by atoms with E-state index in [1.54, 1.807) is 13.2 Å². The molecule has 1 atom stereocenters. The Morgan fingerprint density at radius 1 is 1.41 bits per heavy atom. The average Bonchev–Trinajstić information content (AvgIpc) is 2.46. The number of rotatable bonds is 2. The first-order chi connectivity index (χ1) is 10.3. The summed E-state index contributed by atoms with van der Waals surface area (Å²) in [5.41, 5.74) is 2.16. The van der Waals surface area contributed by atoms with E-state index in [0.717, 1.165) is 24.4 Å². The lowest BCUT2D eigenvalue weighted by atomic mass is 10.0. The zero-order chi connectivity index (χ0) is 16.3. The summed E-state index contributed by atoms with van der Waals surface area (Å²) < 4.78 is 5.35. The molecule has 1 amide bonds. The molecule has 1 aliphatic rings. The number of anilines is 1. The molecule has 0 saturated carbocycles. The van der Waals surface area contributed by atoms with Crippen LogP contribution in [-0.4, -0.2) is 30.3 Å². The van der Waals surface area contributed by atoms with E-state index in [1.807, 2.05) is 32.9 Å². The minimum absolute atomic E-state index is 0.383. The molecule has 0 radical (unpaired) electrons. The number of carbonyl (C=O) groups is 1. The van der Waals surface area contributed by atoms with E-state index in [0.29, 0.717) is 11.6 Å². The summed E-state index contributed by atoms with van der Waals surface area (Å²) in [5, 5.41) is 3.38. The van der Waals surface area contributed by atoms with Gasteiger partial charge in [-0.2, -0.15) is 0 Å². The SMILES string of the molecule is CC1CC=C(c2ccc(N(C)C(=O)OC(C)(C)C)cn2)NC1. The lowest BCUT2D eigenvalue weighted by molar-refractivity contribution is 0.0589. The van der Waals surface area contributed by atoms with Gasteiger partial charge in [-0.05, 0) is 45.2 Å². The highest BCUT2D eigenvalue weighted by molar-refractivity contribution is 5.87. The largest absolute Gasteiger partial charge is 0.443 e. The second-order valence-electron chi connectivity index (χ2n) is 6.78. The Balaban J connectivity index is 2.07. The lowest BCUT2D eigenvalue weighted by Gasteiger charge is -2.25. The number of nitrogens with one attached hydrogen (secondary N) is 1. The quantitative estimate of drug-likeness (QED) is 0.909. The van der Waals surface area contributed by atoms with Gasteiger partial charge in [-0.25, -0.2) is 4.79 Å². The van der Waals surface area contributed by atoms with Crippen LogP contribution in [-0.2, 0) is 4.74 Å². The molecule has 22 heavy (non-hydrogen) atoms. The van der Waals surface area contributed by atoms with Crippen LogP contribution >= 0.6 is 0 Å². The molecule has 1 unspecified atom stereocenters. The molecule has 0 aromatic carbocycles. The fourth-order valence-electron chi connectivity index (χ4n) is 2.13. The maximum absolute atomic E-state index is 12.0. The summed E-state index contributed by atoms with van der Waals surface area (Å²) in [6.45, 7) is 8.73. The van der Waals surface area contributed by atoms with Crippen molar-refractivity contribution in [3.63, 3.8) is 0 Å². The molecule has 2 rings (SSSR count). The van der Waals surface area contributed by atoms with Gasteiger partial charge in [-0.3, -0.25) is 9.88 Å². The first kappa shape index (κ1) is 16.3. The fourth-order valence-corrected chi connectivity index (χ4v) is 2.13.